The highest BCUT2D eigenvalue weighted by Crippen LogP contribution is 2.60. The molecule has 0 N–H and O–H groups in total. The summed E-state index contributed by atoms with van der Waals surface area (Å²) in [5.41, 5.74) is -0.559. The first kappa shape index (κ1) is 21.3. The van der Waals surface area contributed by atoms with Gasteiger partial charge in [0, 0.05) is 44.7 Å². The van der Waals surface area contributed by atoms with E-state index in [-0.39, 0.29) is 28.6 Å². The molecule has 0 unspecified atom stereocenters. The molecule has 0 spiro atoms. The van der Waals surface area contributed by atoms with E-state index in [1.54, 1.807) is 4.90 Å². The fraction of sp³-hybridized carbons (Fsp3) is 0.917. The number of nitrogens with zero attached hydrogens (tertiary/aromatic N) is 3. The van der Waals surface area contributed by atoms with Crippen LogP contribution in [0, 0.1) is 16.7 Å². The second kappa shape index (κ2) is 8.30. The number of hydrogen-bond acceptors (Lipinski definition) is 4. The summed E-state index contributed by atoms with van der Waals surface area (Å²) in [5.74, 6) is 0.205. The first-order chi connectivity index (χ1) is 13.8. The lowest BCUT2D eigenvalue weighted by molar-refractivity contribution is -0.167. The van der Waals surface area contributed by atoms with Gasteiger partial charge >= 0.3 is 0 Å². The van der Waals surface area contributed by atoms with Crippen molar-refractivity contribution in [2.24, 2.45) is 16.7 Å². The number of carbonyl (C=O) groups is 2. The molecule has 4 fully saturated rings. The highest BCUT2D eigenvalue weighted by Gasteiger charge is 2.64. The van der Waals surface area contributed by atoms with Gasteiger partial charge in [-0.15, -0.1) is 0 Å². The smallest absolute Gasteiger partial charge is 0.235 e. The second-order valence-electron chi connectivity index (χ2n) is 10.8. The van der Waals surface area contributed by atoms with E-state index in [4.69, 9.17) is 0 Å². The lowest BCUT2D eigenvalue weighted by Gasteiger charge is -2.47. The fourth-order valence-electron chi connectivity index (χ4n) is 6.52. The Kier molecular flexibility index (Phi) is 6.09. The van der Waals surface area contributed by atoms with Crippen molar-refractivity contribution in [1.29, 1.82) is 0 Å². The maximum Gasteiger partial charge on any atom is 0.235 e. The molecule has 2 bridgehead atoms. The molecule has 2 saturated heterocycles. The van der Waals surface area contributed by atoms with Gasteiger partial charge in [0.2, 0.25) is 11.8 Å². The van der Waals surface area contributed by atoms with Gasteiger partial charge in [-0.2, -0.15) is 0 Å². The van der Waals surface area contributed by atoms with E-state index >= 15 is 0 Å². The Bertz CT molecular complexity index is 620. The van der Waals surface area contributed by atoms with Crippen molar-refractivity contribution >= 4 is 11.8 Å². The molecule has 4 rings (SSSR count). The Hall–Kier alpha value is -0.940. The van der Waals surface area contributed by atoms with Crippen LogP contribution in [0.1, 0.15) is 78.6 Å². The summed E-state index contributed by atoms with van der Waals surface area (Å²) in [7, 11) is 0. The molecule has 0 aromatic carbocycles. The van der Waals surface area contributed by atoms with Crippen molar-refractivity contribution in [2.75, 3.05) is 39.3 Å². The molecule has 0 aromatic heterocycles. The van der Waals surface area contributed by atoms with Crippen LogP contribution in [0.15, 0.2) is 0 Å². The number of fused-ring (bicyclic) bond motifs is 2. The van der Waals surface area contributed by atoms with Crippen LogP contribution in [-0.2, 0) is 9.59 Å². The molecule has 2 heterocycles. The summed E-state index contributed by atoms with van der Waals surface area (Å²) < 4.78 is 0. The zero-order chi connectivity index (χ0) is 20.6. The standard InChI is InChI=1S/C24H41N3O2/c1-23(2)20-11-12-24(23,3)22(29)27(21(20)28)14-8-7-13-25-15-17-26(18-16-25)19-9-5-4-6-10-19/h19-20H,4-18H2,1-3H3/t20-,24-/m0/s1. The number of carbonyl (C=O) groups excluding carboxylic acids is 2. The van der Waals surface area contributed by atoms with Crippen molar-refractivity contribution in [3.63, 3.8) is 0 Å². The Morgan fingerprint density at radius 1 is 0.862 bits per heavy atom. The van der Waals surface area contributed by atoms with E-state index in [0.717, 1.165) is 38.3 Å². The van der Waals surface area contributed by atoms with Crippen LogP contribution in [0.2, 0.25) is 0 Å². The van der Waals surface area contributed by atoms with Crippen molar-refractivity contribution in [3.05, 3.63) is 0 Å². The van der Waals surface area contributed by atoms with Gasteiger partial charge in [0.1, 0.15) is 0 Å². The van der Waals surface area contributed by atoms with Gasteiger partial charge in [0.15, 0.2) is 0 Å². The first-order valence-corrected chi connectivity index (χ1v) is 12.2. The summed E-state index contributed by atoms with van der Waals surface area (Å²) in [5, 5.41) is 0. The molecule has 2 atom stereocenters. The third-order valence-electron chi connectivity index (χ3n) is 9.11. The SMILES string of the molecule is CC1(C)[C@H]2CC[C@@]1(C)C(=O)N(CCCCN1CCN(C3CCCCC3)CC1)C2=O. The maximum atomic E-state index is 13.1. The normalized spacial score (nSPS) is 34.2. The van der Waals surface area contributed by atoms with Gasteiger partial charge in [-0.3, -0.25) is 19.4 Å². The number of imide groups is 1. The average molecular weight is 404 g/mol. The zero-order valence-corrected chi connectivity index (χ0v) is 18.9. The van der Waals surface area contributed by atoms with Crippen molar-refractivity contribution < 1.29 is 9.59 Å². The van der Waals surface area contributed by atoms with Crippen LogP contribution in [0.25, 0.3) is 0 Å². The van der Waals surface area contributed by atoms with E-state index in [1.807, 2.05) is 0 Å². The average Bonchev–Trinajstić information content (AvgIpc) is 2.92. The maximum absolute atomic E-state index is 13.1. The number of piperazine rings is 1. The topological polar surface area (TPSA) is 43.9 Å². The van der Waals surface area contributed by atoms with E-state index in [1.165, 1.54) is 58.3 Å². The zero-order valence-electron chi connectivity index (χ0n) is 18.9. The largest absolute Gasteiger partial charge is 0.301 e. The monoisotopic (exact) mass is 403 g/mol. The molecule has 0 aromatic rings. The van der Waals surface area contributed by atoms with Gasteiger partial charge < -0.3 is 4.90 Å². The Morgan fingerprint density at radius 2 is 1.52 bits per heavy atom. The molecular formula is C24H41N3O2. The number of likely N-dealkylation sites (tertiary alicyclic amines) is 1. The minimum absolute atomic E-state index is 0.0260. The lowest BCUT2D eigenvalue weighted by Crippen LogP contribution is -2.59. The summed E-state index contributed by atoms with van der Waals surface area (Å²) in [4.78, 5) is 32.9. The second-order valence-corrected chi connectivity index (χ2v) is 10.8. The highest BCUT2D eigenvalue weighted by molar-refractivity contribution is 6.03. The van der Waals surface area contributed by atoms with E-state index in [9.17, 15) is 9.59 Å². The van der Waals surface area contributed by atoms with Crippen LogP contribution < -0.4 is 0 Å². The third kappa shape index (κ3) is 3.78. The van der Waals surface area contributed by atoms with Gasteiger partial charge in [-0.1, -0.05) is 40.0 Å². The number of rotatable bonds is 6. The molecule has 2 saturated carbocycles. The van der Waals surface area contributed by atoms with Gasteiger partial charge in [0.25, 0.3) is 0 Å². The molecule has 5 nitrogen and oxygen atoms in total. The minimum Gasteiger partial charge on any atom is -0.301 e. The summed E-state index contributed by atoms with van der Waals surface area (Å²) >= 11 is 0. The van der Waals surface area contributed by atoms with Crippen LogP contribution in [0.5, 0.6) is 0 Å². The van der Waals surface area contributed by atoms with Crippen LogP contribution in [0.4, 0.5) is 0 Å². The highest BCUT2D eigenvalue weighted by atomic mass is 16.2. The van der Waals surface area contributed by atoms with Crippen LogP contribution in [-0.4, -0.2) is 71.8 Å². The lowest BCUT2D eigenvalue weighted by atomic mass is 9.62. The number of hydrogen-bond donors (Lipinski definition) is 0. The fourth-order valence-corrected chi connectivity index (χ4v) is 6.52. The predicted molar refractivity (Wildman–Crippen MR) is 115 cm³/mol. The number of unbranched alkanes of at least 4 members (excludes halogenated alkanes) is 1. The molecular weight excluding hydrogens is 362 g/mol. The number of amides is 2. The Labute approximate surface area is 177 Å². The van der Waals surface area contributed by atoms with Gasteiger partial charge in [-0.05, 0) is 50.5 Å². The first-order valence-electron chi connectivity index (χ1n) is 12.2. The minimum atomic E-state index is -0.360. The predicted octanol–water partition coefficient (Wildman–Crippen LogP) is 3.53. The van der Waals surface area contributed by atoms with Crippen LogP contribution in [0.3, 0.4) is 0 Å². The molecule has 2 amide bonds. The van der Waals surface area contributed by atoms with Gasteiger partial charge in [-0.25, -0.2) is 0 Å². The third-order valence-corrected chi connectivity index (χ3v) is 9.11. The molecule has 164 valence electrons. The Balaban J connectivity index is 1.20. The Morgan fingerprint density at radius 3 is 2.21 bits per heavy atom. The van der Waals surface area contributed by atoms with Crippen LogP contribution >= 0.6 is 0 Å². The van der Waals surface area contributed by atoms with Gasteiger partial charge in [0.05, 0.1) is 5.41 Å². The molecule has 5 heteroatoms. The van der Waals surface area contributed by atoms with E-state index in [0.29, 0.717) is 6.54 Å². The summed E-state index contributed by atoms with van der Waals surface area (Å²) in [6.07, 6.45) is 10.8. The number of piperidine rings is 1. The quantitative estimate of drug-likeness (QED) is 0.503. The molecule has 4 aliphatic rings. The summed E-state index contributed by atoms with van der Waals surface area (Å²) in [6.45, 7) is 12.8. The van der Waals surface area contributed by atoms with E-state index < -0.39 is 0 Å². The van der Waals surface area contributed by atoms with Crippen molar-refractivity contribution in [1.82, 2.24) is 14.7 Å². The molecule has 2 aliphatic carbocycles. The van der Waals surface area contributed by atoms with Crippen molar-refractivity contribution in [3.8, 4) is 0 Å². The van der Waals surface area contributed by atoms with E-state index in [2.05, 4.69) is 30.6 Å². The molecule has 29 heavy (non-hydrogen) atoms. The summed E-state index contributed by atoms with van der Waals surface area (Å²) in [6, 6.07) is 0.836. The molecule has 2 aliphatic heterocycles. The van der Waals surface area contributed by atoms with Crippen molar-refractivity contribution in [2.45, 2.75) is 84.6 Å². The molecule has 0 radical (unpaired) electrons.